The molecule has 1 aromatic rings. The van der Waals surface area contributed by atoms with Crippen LogP contribution < -0.4 is 0 Å². The Morgan fingerprint density at radius 2 is 2.03 bits per heavy atom. The first-order valence-corrected chi connectivity index (χ1v) is 12.3. The van der Waals surface area contributed by atoms with Crippen LogP contribution in [0.5, 0.6) is 0 Å². The standard InChI is InChI=1S/C26H38N2O5/c1-25-17-20(19-7-4-3-5-8-19)18-26(33-25,13-16-29)12-10-21(24(25)32)27(2)22(30)11-15-28-14-6-9-23(28)31/h3-5,7-8,20-21,24,29,32H,6,9-18H2,1-2H3/t20-,21+,24-,25+,26-/m1/s1. The summed E-state index contributed by atoms with van der Waals surface area (Å²) >= 11 is 0. The molecule has 0 unspecified atom stereocenters. The second kappa shape index (κ2) is 9.72. The van der Waals surface area contributed by atoms with Gasteiger partial charge in [0.25, 0.3) is 0 Å². The predicted molar refractivity (Wildman–Crippen MR) is 125 cm³/mol. The van der Waals surface area contributed by atoms with Crippen molar-refractivity contribution in [3.05, 3.63) is 35.9 Å². The highest BCUT2D eigenvalue weighted by Crippen LogP contribution is 2.51. The van der Waals surface area contributed by atoms with Crippen molar-refractivity contribution in [1.82, 2.24) is 9.80 Å². The number of benzene rings is 1. The second-order valence-corrected chi connectivity index (χ2v) is 10.4. The first-order valence-electron chi connectivity index (χ1n) is 12.3. The molecular formula is C26H38N2O5. The number of nitrogens with zero attached hydrogens (tertiary/aromatic N) is 2. The number of likely N-dealkylation sites (N-methyl/N-ethyl adjacent to an activating group) is 1. The van der Waals surface area contributed by atoms with E-state index >= 15 is 0 Å². The van der Waals surface area contributed by atoms with E-state index in [9.17, 15) is 19.8 Å². The molecule has 3 aliphatic heterocycles. The van der Waals surface area contributed by atoms with Gasteiger partial charge in [0.2, 0.25) is 11.8 Å². The van der Waals surface area contributed by atoms with E-state index in [0.717, 1.165) is 19.4 Å². The van der Waals surface area contributed by atoms with Gasteiger partial charge in [0.05, 0.1) is 17.2 Å². The van der Waals surface area contributed by atoms with Gasteiger partial charge in [0, 0.05) is 39.6 Å². The number of ether oxygens (including phenoxy) is 1. The fraction of sp³-hybridized carbons (Fsp3) is 0.692. The summed E-state index contributed by atoms with van der Waals surface area (Å²) in [5, 5.41) is 21.4. The van der Waals surface area contributed by atoms with Gasteiger partial charge in [-0.15, -0.1) is 0 Å². The maximum atomic E-state index is 13.0. The van der Waals surface area contributed by atoms with Gasteiger partial charge in [-0.05, 0) is 56.9 Å². The largest absolute Gasteiger partial charge is 0.396 e. The Kier molecular flexibility index (Phi) is 7.12. The van der Waals surface area contributed by atoms with E-state index in [0.29, 0.717) is 38.6 Å². The number of carbonyl (C=O) groups is 2. The van der Waals surface area contributed by atoms with Crippen molar-refractivity contribution in [2.45, 2.75) is 87.6 Å². The molecule has 0 aliphatic carbocycles. The van der Waals surface area contributed by atoms with Crippen molar-refractivity contribution in [2.24, 2.45) is 0 Å². The third kappa shape index (κ3) is 4.96. The van der Waals surface area contributed by atoms with E-state index in [1.165, 1.54) is 5.56 Å². The van der Waals surface area contributed by atoms with Crippen LogP contribution in [0.3, 0.4) is 0 Å². The molecule has 7 nitrogen and oxygen atoms in total. The molecule has 0 aromatic heterocycles. The molecule has 182 valence electrons. The molecule has 4 rings (SSSR count). The molecule has 0 spiro atoms. The minimum Gasteiger partial charge on any atom is -0.396 e. The Labute approximate surface area is 196 Å². The van der Waals surface area contributed by atoms with E-state index in [2.05, 4.69) is 12.1 Å². The van der Waals surface area contributed by atoms with Gasteiger partial charge in [-0.25, -0.2) is 0 Å². The van der Waals surface area contributed by atoms with Gasteiger partial charge in [0.15, 0.2) is 0 Å². The lowest BCUT2D eigenvalue weighted by Gasteiger charge is -2.50. The first kappa shape index (κ1) is 24.2. The highest BCUT2D eigenvalue weighted by Gasteiger charge is 2.55. The van der Waals surface area contributed by atoms with Crippen LogP contribution in [0.15, 0.2) is 30.3 Å². The number of carbonyl (C=O) groups excluding carboxylic acids is 2. The van der Waals surface area contributed by atoms with Crippen molar-refractivity contribution in [2.75, 3.05) is 26.7 Å². The zero-order valence-corrected chi connectivity index (χ0v) is 19.9. The Morgan fingerprint density at radius 3 is 2.70 bits per heavy atom. The van der Waals surface area contributed by atoms with Gasteiger partial charge in [-0.2, -0.15) is 0 Å². The summed E-state index contributed by atoms with van der Waals surface area (Å²) in [5.74, 6) is 0.272. The first-order chi connectivity index (χ1) is 15.8. The Morgan fingerprint density at radius 1 is 1.27 bits per heavy atom. The maximum absolute atomic E-state index is 13.0. The average molecular weight is 459 g/mol. The number of hydrogen-bond donors (Lipinski definition) is 2. The lowest BCUT2D eigenvalue weighted by atomic mass is 9.73. The van der Waals surface area contributed by atoms with Crippen LogP contribution in [-0.4, -0.2) is 81.9 Å². The van der Waals surface area contributed by atoms with Gasteiger partial charge in [-0.1, -0.05) is 30.3 Å². The third-order valence-corrected chi connectivity index (χ3v) is 8.10. The van der Waals surface area contributed by atoms with Crippen molar-refractivity contribution in [3.8, 4) is 0 Å². The van der Waals surface area contributed by atoms with Gasteiger partial charge < -0.3 is 24.7 Å². The van der Waals surface area contributed by atoms with Crippen LogP contribution in [0.1, 0.15) is 69.8 Å². The van der Waals surface area contributed by atoms with Crippen molar-refractivity contribution in [3.63, 3.8) is 0 Å². The number of aliphatic hydroxyl groups is 2. The summed E-state index contributed by atoms with van der Waals surface area (Å²) in [6.07, 6.45) is 4.10. The molecule has 33 heavy (non-hydrogen) atoms. The van der Waals surface area contributed by atoms with Crippen molar-refractivity contribution >= 4 is 11.8 Å². The van der Waals surface area contributed by atoms with Crippen LogP contribution in [0.2, 0.25) is 0 Å². The van der Waals surface area contributed by atoms with Gasteiger partial charge >= 0.3 is 0 Å². The van der Waals surface area contributed by atoms with E-state index in [1.54, 1.807) is 16.8 Å². The molecule has 5 atom stereocenters. The topological polar surface area (TPSA) is 90.3 Å². The highest BCUT2D eigenvalue weighted by atomic mass is 16.5. The minimum atomic E-state index is -0.841. The third-order valence-electron chi connectivity index (χ3n) is 8.10. The fourth-order valence-electron chi connectivity index (χ4n) is 6.28. The molecule has 3 heterocycles. The predicted octanol–water partition coefficient (Wildman–Crippen LogP) is 2.45. The summed E-state index contributed by atoms with van der Waals surface area (Å²) in [7, 11) is 1.76. The molecule has 0 radical (unpaired) electrons. The monoisotopic (exact) mass is 458 g/mol. The molecule has 1 aromatic carbocycles. The number of fused-ring (bicyclic) bond motifs is 2. The molecule has 3 fully saturated rings. The molecule has 2 N–H and O–H groups in total. The number of likely N-dealkylation sites (tertiary alicyclic amines) is 1. The molecule has 3 aliphatic rings. The number of aliphatic hydroxyl groups excluding tert-OH is 2. The van der Waals surface area contributed by atoms with Crippen LogP contribution in [0.25, 0.3) is 0 Å². The van der Waals surface area contributed by atoms with Crippen molar-refractivity contribution < 1.29 is 24.5 Å². The molecular weight excluding hydrogens is 420 g/mol. The summed E-state index contributed by atoms with van der Waals surface area (Å²) in [5.41, 5.74) is -0.127. The van der Waals surface area contributed by atoms with Gasteiger partial charge in [-0.3, -0.25) is 9.59 Å². The molecule has 2 amide bonds. The zero-order valence-electron chi connectivity index (χ0n) is 19.9. The number of rotatable bonds is 7. The van der Waals surface area contributed by atoms with E-state index in [4.69, 9.17) is 4.74 Å². The van der Waals surface area contributed by atoms with Crippen LogP contribution in [-0.2, 0) is 14.3 Å². The lowest BCUT2D eigenvalue weighted by Crippen LogP contribution is -2.58. The lowest BCUT2D eigenvalue weighted by molar-refractivity contribution is -0.226. The molecule has 0 saturated carbocycles. The smallest absolute Gasteiger partial charge is 0.224 e. The molecule has 2 bridgehead atoms. The molecule has 7 heteroatoms. The highest BCUT2D eigenvalue weighted by molar-refractivity contribution is 5.80. The van der Waals surface area contributed by atoms with Crippen LogP contribution >= 0.6 is 0 Å². The fourth-order valence-corrected chi connectivity index (χ4v) is 6.28. The van der Waals surface area contributed by atoms with Crippen molar-refractivity contribution in [1.29, 1.82) is 0 Å². The van der Waals surface area contributed by atoms with E-state index < -0.39 is 17.3 Å². The average Bonchev–Trinajstić information content (AvgIpc) is 3.19. The molecule has 3 saturated heterocycles. The quantitative estimate of drug-likeness (QED) is 0.655. The maximum Gasteiger partial charge on any atom is 0.224 e. The zero-order chi connectivity index (χ0) is 23.6. The summed E-state index contributed by atoms with van der Waals surface area (Å²) < 4.78 is 6.64. The Hall–Kier alpha value is -1.96. The number of amides is 2. The Bertz CT molecular complexity index is 848. The van der Waals surface area contributed by atoms with Gasteiger partial charge in [0.1, 0.15) is 6.10 Å². The van der Waals surface area contributed by atoms with Crippen LogP contribution in [0.4, 0.5) is 0 Å². The second-order valence-electron chi connectivity index (χ2n) is 10.4. The SMILES string of the molecule is CN(C(=O)CCN1CCCC1=O)[C@H]1CC[C@@]2(CCO)C[C@H](c3ccccc3)C[C@](C)(O2)[C@@H]1O. The summed E-state index contributed by atoms with van der Waals surface area (Å²) in [4.78, 5) is 28.4. The number of hydrogen-bond acceptors (Lipinski definition) is 5. The summed E-state index contributed by atoms with van der Waals surface area (Å²) in [6, 6.07) is 9.95. The van der Waals surface area contributed by atoms with E-state index in [1.807, 2.05) is 25.1 Å². The van der Waals surface area contributed by atoms with Crippen LogP contribution in [0, 0.1) is 0 Å². The Balaban J connectivity index is 1.52. The normalized spacial score (nSPS) is 34.2. The van der Waals surface area contributed by atoms with E-state index in [-0.39, 0.29) is 36.8 Å². The summed E-state index contributed by atoms with van der Waals surface area (Å²) in [6.45, 7) is 3.14. The minimum absolute atomic E-state index is 0.0248.